The van der Waals surface area contributed by atoms with Gasteiger partial charge in [0.2, 0.25) is 0 Å². The number of carbonyl (C=O) groups is 2. The van der Waals surface area contributed by atoms with E-state index in [9.17, 15) is 9.59 Å². The van der Waals surface area contributed by atoms with E-state index in [0.29, 0.717) is 11.4 Å². The SMILES string of the molecule is COC(=O)CCN(C(=O)c1cccnc1)c1ccccn1. The number of hydrogen-bond donors (Lipinski definition) is 0. The summed E-state index contributed by atoms with van der Waals surface area (Å²) in [5.41, 5.74) is 0.438. The summed E-state index contributed by atoms with van der Waals surface area (Å²) in [5.74, 6) is -0.157. The Balaban J connectivity index is 2.23. The Morgan fingerprint density at radius 3 is 2.67 bits per heavy atom. The molecule has 0 fully saturated rings. The number of hydrogen-bond acceptors (Lipinski definition) is 5. The largest absolute Gasteiger partial charge is 0.469 e. The Morgan fingerprint density at radius 2 is 2.05 bits per heavy atom. The Morgan fingerprint density at radius 1 is 1.19 bits per heavy atom. The van der Waals surface area contributed by atoms with E-state index in [4.69, 9.17) is 0 Å². The van der Waals surface area contributed by atoms with Crippen LogP contribution >= 0.6 is 0 Å². The van der Waals surface area contributed by atoms with Gasteiger partial charge in [-0.3, -0.25) is 19.5 Å². The highest BCUT2D eigenvalue weighted by Gasteiger charge is 2.19. The third kappa shape index (κ3) is 3.85. The van der Waals surface area contributed by atoms with Gasteiger partial charge in [-0.1, -0.05) is 6.07 Å². The molecule has 0 atom stereocenters. The molecule has 6 heteroatoms. The molecule has 1 amide bonds. The van der Waals surface area contributed by atoms with Crippen LogP contribution in [0.25, 0.3) is 0 Å². The number of amides is 1. The smallest absolute Gasteiger partial charge is 0.307 e. The molecule has 2 heterocycles. The zero-order valence-corrected chi connectivity index (χ0v) is 11.6. The Kier molecular flexibility index (Phi) is 4.98. The average Bonchev–Trinajstić information content (AvgIpc) is 2.56. The lowest BCUT2D eigenvalue weighted by Gasteiger charge is -2.21. The summed E-state index contributed by atoms with van der Waals surface area (Å²) >= 11 is 0. The van der Waals surface area contributed by atoms with Gasteiger partial charge >= 0.3 is 5.97 Å². The second-order valence-electron chi connectivity index (χ2n) is 4.21. The van der Waals surface area contributed by atoms with Crippen molar-refractivity contribution in [3.8, 4) is 0 Å². The maximum absolute atomic E-state index is 12.5. The highest BCUT2D eigenvalue weighted by atomic mass is 16.5. The predicted molar refractivity (Wildman–Crippen MR) is 76.8 cm³/mol. The Hall–Kier alpha value is -2.76. The van der Waals surface area contributed by atoms with Crippen molar-refractivity contribution < 1.29 is 14.3 Å². The Bertz CT molecular complexity index is 602. The predicted octanol–water partition coefficient (Wildman–Crippen LogP) is 1.69. The first kappa shape index (κ1) is 14.6. The maximum atomic E-state index is 12.5. The molecule has 0 N–H and O–H groups in total. The molecule has 108 valence electrons. The summed E-state index contributed by atoms with van der Waals surface area (Å²) in [5, 5.41) is 0. The average molecular weight is 285 g/mol. The molecule has 0 saturated heterocycles. The zero-order chi connectivity index (χ0) is 15.1. The number of nitrogens with zero attached hydrogens (tertiary/aromatic N) is 3. The van der Waals surface area contributed by atoms with Gasteiger partial charge in [-0.25, -0.2) is 4.98 Å². The van der Waals surface area contributed by atoms with Crippen LogP contribution in [-0.2, 0) is 9.53 Å². The fourth-order valence-electron chi connectivity index (χ4n) is 1.78. The van der Waals surface area contributed by atoms with Crippen molar-refractivity contribution >= 4 is 17.7 Å². The molecule has 0 aliphatic heterocycles. The maximum Gasteiger partial charge on any atom is 0.307 e. The molecule has 0 aromatic carbocycles. The minimum absolute atomic E-state index is 0.0963. The minimum atomic E-state index is -0.380. The van der Waals surface area contributed by atoms with Crippen molar-refractivity contribution in [3.63, 3.8) is 0 Å². The normalized spacial score (nSPS) is 9.95. The number of carbonyl (C=O) groups excluding carboxylic acids is 2. The first-order valence-electron chi connectivity index (χ1n) is 6.42. The summed E-state index contributed by atoms with van der Waals surface area (Å²) < 4.78 is 4.61. The van der Waals surface area contributed by atoms with Crippen LogP contribution in [0.4, 0.5) is 5.82 Å². The van der Waals surface area contributed by atoms with Gasteiger partial charge in [0, 0.05) is 25.1 Å². The van der Waals surface area contributed by atoms with E-state index in [1.165, 1.54) is 18.2 Å². The molecule has 2 aromatic heterocycles. The molecule has 2 aromatic rings. The number of esters is 1. The van der Waals surface area contributed by atoms with Crippen molar-refractivity contribution in [2.45, 2.75) is 6.42 Å². The fourth-order valence-corrected chi connectivity index (χ4v) is 1.78. The Labute approximate surface area is 122 Å². The van der Waals surface area contributed by atoms with Gasteiger partial charge in [-0.15, -0.1) is 0 Å². The van der Waals surface area contributed by atoms with E-state index >= 15 is 0 Å². The van der Waals surface area contributed by atoms with Gasteiger partial charge in [0.25, 0.3) is 5.91 Å². The van der Waals surface area contributed by atoms with E-state index in [-0.39, 0.29) is 24.8 Å². The van der Waals surface area contributed by atoms with Gasteiger partial charge in [-0.2, -0.15) is 0 Å². The number of ether oxygens (including phenoxy) is 1. The highest BCUT2D eigenvalue weighted by molar-refractivity contribution is 6.05. The number of anilines is 1. The van der Waals surface area contributed by atoms with Crippen LogP contribution in [0.2, 0.25) is 0 Å². The van der Waals surface area contributed by atoms with E-state index in [2.05, 4.69) is 14.7 Å². The summed E-state index contributed by atoms with van der Waals surface area (Å²) in [6, 6.07) is 8.61. The first-order chi connectivity index (χ1) is 10.2. The topological polar surface area (TPSA) is 72.4 Å². The number of methoxy groups -OCH3 is 1. The van der Waals surface area contributed by atoms with Crippen LogP contribution in [0.3, 0.4) is 0 Å². The molecule has 0 radical (unpaired) electrons. The molecule has 0 saturated carbocycles. The molecule has 2 rings (SSSR count). The molecular weight excluding hydrogens is 270 g/mol. The quantitative estimate of drug-likeness (QED) is 0.782. The van der Waals surface area contributed by atoms with Crippen molar-refractivity contribution in [1.82, 2.24) is 9.97 Å². The molecule has 0 spiro atoms. The van der Waals surface area contributed by atoms with E-state index in [0.717, 1.165) is 0 Å². The van der Waals surface area contributed by atoms with Gasteiger partial charge in [-0.05, 0) is 24.3 Å². The van der Waals surface area contributed by atoms with Gasteiger partial charge in [0.05, 0.1) is 19.1 Å². The fraction of sp³-hybridized carbons (Fsp3) is 0.200. The van der Waals surface area contributed by atoms with Crippen LogP contribution in [0.5, 0.6) is 0 Å². The second kappa shape index (κ2) is 7.14. The molecular formula is C15H15N3O3. The van der Waals surface area contributed by atoms with Gasteiger partial charge in [0.1, 0.15) is 5.82 Å². The molecule has 0 aliphatic rings. The van der Waals surface area contributed by atoms with Crippen LogP contribution in [-0.4, -0.2) is 35.5 Å². The second-order valence-corrected chi connectivity index (χ2v) is 4.21. The highest BCUT2D eigenvalue weighted by Crippen LogP contribution is 2.14. The lowest BCUT2D eigenvalue weighted by atomic mass is 10.2. The molecule has 0 aliphatic carbocycles. The van der Waals surface area contributed by atoms with Crippen molar-refractivity contribution in [2.75, 3.05) is 18.6 Å². The summed E-state index contributed by atoms with van der Waals surface area (Å²) in [6.45, 7) is 0.192. The van der Waals surface area contributed by atoms with Crippen LogP contribution in [0, 0.1) is 0 Å². The lowest BCUT2D eigenvalue weighted by molar-refractivity contribution is -0.140. The van der Waals surface area contributed by atoms with E-state index < -0.39 is 0 Å². The summed E-state index contributed by atoms with van der Waals surface area (Å²) in [6.07, 6.45) is 4.77. The summed E-state index contributed by atoms with van der Waals surface area (Å²) in [7, 11) is 1.32. The number of pyridine rings is 2. The molecule has 0 unspecified atom stereocenters. The van der Waals surface area contributed by atoms with Crippen LogP contribution in [0.1, 0.15) is 16.8 Å². The lowest BCUT2D eigenvalue weighted by Crippen LogP contribution is -2.33. The number of rotatable bonds is 5. The van der Waals surface area contributed by atoms with Crippen LogP contribution < -0.4 is 4.90 Å². The monoisotopic (exact) mass is 285 g/mol. The molecule has 0 bridgehead atoms. The molecule has 21 heavy (non-hydrogen) atoms. The first-order valence-corrected chi connectivity index (χ1v) is 6.42. The standard InChI is InChI=1S/C15H15N3O3/c1-21-14(19)7-10-18(13-6-2-3-9-17-13)15(20)12-5-4-8-16-11-12/h2-6,8-9,11H,7,10H2,1H3. The van der Waals surface area contributed by atoms with Crippen LogP contribution in [0.15, 0.2) is 48.9 Å². The zero-order valence-electron chi connectivity index (χ0n) is 11.6. The van der Waals surface area contributed by atoms with Gasteiger partial charge < -0.3 is 4.74 Å². The van der Waals surface area contributed by atoms with Crippen molar-refractivity contribution in [1.29, 1.82) is 0 Å². The van der Waals surface area contributed by atoms with Gasteiger partial charge in [0.15, 0.2) is 0 Å². The summed E-state index contributed by atoms with van der Waals surface area (Å²) in [4.78, 5) is 33.4. The van der Waals surface area contributed by atoms with E-state index in [1.807, 2.05) is 0 Å². The van der Waals surface area contributed by atoms with Crippen molar-refractivity contribution in [3.05, 3.63) is 54.5 Å². The third-order valence-corrected chi connectivity index (χ3v) is 2.85. The minimum Gasteiger partial charge on any atom is -0.469 e. The third-order valence-electron chi connectivity index (χ3n) is 2.85. The van der Waals surface area contributed by atoms with Crippen molar-refractivity contribution in [2.24, 2.45) is 0 Å². The molecule has 6 nitrogen and oxygen atoms in total. The number of aromatic nitrogens is 2. The van der Waals surface area contributed by atoms with E-state index in [1.54, 1.807) is 42.7 Å².